The molecule has 14 heteroatoms. The van der Waals surface area contributed by atoms with E-state index in [-0.39, 0.29) is 28.6 Å². The third-order valence-electron chi connectivity index (χ3n) is 5.81. The topological polar surface area (TPSA) is 139 Å². The van der Waals surface area contributed by atoms with Crippen molar-refractivity contribution in [3.63, 3.8) is 0 Å². The first-order valence-electron chi connectivity index (χ1n) is 11.0. The van der Waals surface area contributed by atoms with Gasteiger partial charge in [-0.05, 0) is 49.9 Å². The number of aromatic nitrogens is 2. The van der Waals surface area contributed by atoms with Crippen LogP contribution in [0.1, 0.15) is 43.4 Å². The summed E-state index contributed by atoms with van der Waals surface area (Å²) in [6.45, 7) is 0.829. The van der Waals surface area contributed by atoms with E-state index in [1.54, 1.807) is 11.4 Å². The van der Waals surface area contributed by atoms with Gasteiger partial charge in [-0.25, -0.2) is 13.2 Å². The molecule has 36 heavy (non-hydrogen) atoms. The molecule has 0 saturated heterocycles. The van der Waals surface area contributed by atoms with Gasteiger partial charge in [-0.2, -0.15) is 18.3 Å². The van der Waals surface area contributed by atoms with Gasteiger partial charge in [0.1, 0.15) is 17.9 Å². The summed E-state index contributed by atoms with van der Waals surface area (Å²) in [5.41, 5.74) is 0.942. The summed E-state index contributed by atoms with van der Waals surface area (Å²) in [7, 11) is -2.14. The Hall–Kier alpha value is -3.29. The number of sulfone groups is 1. The number of anilines is 1. The molecule has 1 aromatic carbocycles. The van der Waals surface area contributed by atoms with Crippen molar-refractivity contribution in [2.24, 2.45) is 0 Å². The van der Waals surface area contributed by atoms with Crippen LogP contribution in [0.5, 0.6) is 5.75 Å². The fourth-order valence-electron chi connectivity index (χ4n) is 3.93. The maximum Gasteiger partial charge on any atom is 0.408 e. The smallest absolute Gasteiger partial charge is 0.408 e. The molecule has 0 aliphatic heterocycles. The average Bonchev–Trinajstić information content (AvgIpc) is 3.41. The number of carbonyl (C=O) groups excluding carboxylic acids is 2. The van der Waals surface area contributed by atoms with Gasteiger partial charge in [0, 0.05) is 23.9 Å². The number of amides is 2. The molecule has 1 fully saturated rings. The minimum Gasteiger partial charge on any atom is -0.497 e. The van der Waals surface area contributed by atoms with Gasteiger partial charge in [-0.1, -0.05) is 0 Å². The zero-order valence-corrected chi connectivity index (χ0v) is 20.6. The first-order chi connectivity index (χ1) is 16.8. The lowest BCUT2D eigenvalue weighted by molar-refractivity contribution is -0.150. The molecule has 0 radical (unpaired) electrons. The Morgan fingerprint density at radius 2 is 1.97 bits per heavy atom. The number of carbonyl (C=O) groups is 2. The number of benzene rings is 1. The van der Waals surface area contributed by atoms with Gasteiger partial charge in [0.2, 0.25) is 5.91 Å². The van der Waals surface area contributed by atoms with E-state index >= 15 is 0 Å². The van der Waals surface area contributed by atoms with E-state index in [1.807, 2.05) is 0 Å². The molecular weight excluding hydrogens is 505 g/mol. The second-order valence-electron chi connectivity index (χ2n) is 8.62. The van der Waals surface area contributed by atoms with Gasteiger partial charge in [0.15, 0.2) is 15.7 Å². The Morgan fingerprint density at radius 1 is 1.25 bits per heavy atom. The molecule has 3 atom stereocenters. The summed E-state index contributed by atoms with van der Waals surface area (Å²) in [6.07, 6.45) is -3.99. The predicted octanol–water partition coefficient (Wildman–Crippen LogP) is 3.32. The maximum atomic E-state index is 12.6. The van der Waals surface area contributed by atoms with Crippen molar-refractivity contribution in [3.05, 3.63) is 35.5 Å². The van der Waals surface area contributed by atoms with Crippen molar-refractivity contribution in [2.75, 3.05) is 18.7 Å². The number of rotatable bonds is 8. The maximum absolute atomic E-state index is 12.6. The molecule has 198 valence electrons. The highest BCUT2D eigenvalue weighted by Crippen LogP contribution is 2.36. The first kappa shape index (κ1) is 27.3. The normalized spacial score (nSPS) is 18.9. The van der Waals surface area contributed by atoms with Crippen LogP contribution in [-0.4, -0.2) is 62.3 Å². The van der Waals surface area contributed by atoms with Crippen molar-refractivity contribution in [1.29, 1.82) is 0 Å². The highest BCUT2D eigenvalue weighted by atomic mass is 32.2. The molecule has 2 amide bonds. The summed E-state index contributed by atoms with van der Waals surface area (Å²) >= 11 is 0. The Morgan fingerprint density at radius 3 is 2.61 bits per heavy atom. The quantitative estimate of drug-likeness (QED) is 0.474. The standard InChI is InChI=1S/C22H27F3N4O6S/c1-12(22(23,24)25)26-21(31)35-16-5-4-13(8-16)17-11-19(29-28-17)27-20(30)10-14-9-15(34-2)6-7-18(14)36(3,32)33/h6-7,9,11-13,16H,4-5,8,10H2,1-3H3,(H,26,31)(H2,27,28,29,30)/t12?,13-,16+/m0/s1. The van der Waals surface area contributed by atoms with Gasteiger partial charge in [-0.15, -0.1) is 0 Å². The average molecular weight is 533 g/mol. The summed E-state index contributed by atoms with van der Waals surface area (Å²) in [5.74, 6) is 0.0391. The van der Waals surface area contributed by atoms with Gasteiger partial charge < -0.3 is 20.1 Å². The van der Waals surface area contributed by atoms with Crippen molar-refractivity contribution < 1.29 is 40.7 Å². The lowest BCUT2D eigenvalue weighted by atomic mass is 10.0. The molecule has 1 saturated carbocycles. The molecule has 1 heterocycles. The van der Waals surface area contributed by atoms with Crippen LogP contribution >= 0.6 is 0 Å². The van der Waals surface area contributed by atoms with Crippen LogP contribution in [0.4, 0.5) is 23.8 Å². The molecule has 1 unspecified atom stereocenters. The number of alkyl carbamates (subject to hydrolysis) is 1. The van der Waals surface area contributed by atoms with Crippen LogP contribution in [-0.2, 0) is 25.8 Å². The summed E-state index contributed by atoms with van der Waals surface area (Å²) in [4.78, 5) is 24.4. The Kier molecular flexibility index (Phi) is 8.16. The van der Waals surface area contributed by atoms with Gasteiger partial charge in [0.25, 0.3) is 0 Å². The fourth-order valence-corrected chi connectivity index (χ4v) is 4.85. The lowest BCUT2D eigenvalue weighted by Crippen LogP contribution is -2.44. The van der Waals surface area contributed by atoms with Crippen LogP contribution in [0.25, 0.3) is 0 Å². The van der Waals surface area contributed by atoms with E-state index in [9.17, 15) is 31.2 Å². The SMILES string of the molecule is COc1ccc(S(C)(=O)=O)c(CC(=O)Nc2cc([C@H]3CC[C@@H](OC(=O)NC(C)C(F)(F)F)C3)[nH]n2)c1. The number of halogens is 3. The molecule has 3 rings (SSSR count). The Balaban J connectivity index is 1.57. The van der Waals surface area contributed by atoms with Gasteiger partial charge >= 0.3 is 12.3 Å². The van der Waals surface area contributed by atoms with Crippen LogP contribution in [0.15, 0.2) is 29.2 Å². The minimum absolute atomic E-state index is 0.0202. The number of nitrogens with zero attached hydrogens (tertiary/aromatic N) is 1. The second-order valence-corrected chi connectivity index (χ2v) is 10.6. The molecule has 1 aliphatic rings. The number of H-pyrrole nitrogens is 1. The third-order valence-corrected chi connectivity index (χ3v) is 7.00. The van der Waals surface area contributed by atoms with E-state index in [1.165, 1.54) is 25.3 Å². The number of ether oxygens (including phenoxy) is 2. The molecule has 3 N–H and O–H groups in total. The zero-order valence-electron chi connectivity index (χ0n) is 19.8. The number of nitrogens with one attached hydrogen (secondary N) is 3. The molecule has 10 nitrogen and oxygen atoms in total. The van der Waals surface area contributed by atoms with Crippen LogP contribution < -0.4 is 15.4 Å². The lowest BCUT2D eigenvalue weighted by Gasteiger charge is -2.19. The molecule has 0 spiro atoms. The molecule has 0 bridgehead atoms. The van der Waals surface area contributed by atoms with Crippen LogP contribution in [0.3, 0.4) is 0 Å². The highest BCUT2D eigenvalue weighted by molar-refractivity contribution is 7.90. The predicted molar refractivity (Wildman–Crippen MR) is 123 cm³/mol. The largest absolute Gasteiger partial charge is 0.497 e. The van der Waals surface area contributed by atoms with E-state index in [0.717, 1.165) is 13.2 Å². The van der Waals surface area contributed by atoms with E-state index in [4.69, 9.17) is 9.47 Å². The van der Waals surface area contributed by atoms with Crippen molar-refractivity contribution in [3.8, 4) is 5.75 Å². The van der Waals surface area contributed by atoms with E-state index in [0.29, 0.717) is 30.7 Å². The molecule has 2 aromatic rings. The van der Waals surface area contributed by atoms with E-state index < -0.39 is 40.2 Å². The highest BCUT2D eigenvalue weighted by Gasteiger charge is 2.38. The summed E-state index contributed by atoms with van der Waals surface area (Å²) in [6, 6.07) is 3.95. The number of aromatic amines is 1. The molecular formula is C22H27F3N4O6S. The van der Waals surface area contributed by atoms with Crippen molar-refractivity contribution in [1.82, 2.24) is 15.5 Å². The number of methoxy groups -OCH3 is 1. The Labute approximate surface area is 205 Å². The fraction of sp³-hybridized carbons (Fsp3) is 0.500. The number of hydrogen-bond donors (Lipinski definition) is 3. The van der Waals surface area contributed by atoms with Crippen LogP contribution in [0.2, 0.25) is 0 Å². The third kappa shape index (κ3) is 7.12. The second kappa shape index (κ2) is 10.8. The summed E-state index contributed by atoms with van der Waals surface area (Å²) < 4.78 is 72.1. The monoisotopic (exact) mass is 532 g/mol. The first-order valence-corrected chi connectivity index (χ1v) is 12.9. The number of alkyl halides is 3. The van der Waals surface area contributed by atoms with E-state index in [2.05, 4.69) is 15.5 Å². The zero-order chi connectivity index (χ0) is 26.7. The van der Waals surface area contributed by atoms with Crippen LogP contribution in [0, 0.1) is 0 Å². The van der Waals surface area contributed by atoms with Gasteiger partial charge in [0.05, 0.1) is 18.4 Å². The Bertz CT molecular complexity index is 1210. The number of hydrogen-bond acceptors (Lipinski definition) is 7. The van der Waals surface area contributed by atoms with Crippen molar-refractivity contribution in [2.45, 2.75) is 61.7 Å². The molecule has 1 aliphatic carbocycles. The van der Waals surface area contributed by atoms with Crippen molar-refractivity contribution >= 4 is 27.7 Å². The molecule has 1 aromatic heterocycles. The summed E-state index contributed by atoms with van der Waals surface area (Å²) in [5, 5.41) is 11.2. The minimum atomic E-state index is -4.56. The van der Waals surface area contributed by atoms with Gasteiger partial charge in [-0.3, -0.25) is 9.89 Å².